The standard InChI is InChI=1S/C16H28N3O2.K/c1-12-4-6-14(7-5-12)18-11-13(17)10-15(16(20)21)19-8-2-3-9-19;/h11-12,14-15,17-18H,2-10H2,1H3,(H,20,21);/q-1;+1/b13-11-;. The first kappa shape index (κ1) is 20.5. The molecule has 1 aliphatic heterocycles. The zero-order chi connectivity index (χ0) is 15.2. The summed E-state index contributed by atoms with van der Waals surface area (Å²) in [6, 6.07) is -0.0824. The first-order chi connectivity index (χ1) is 10.1. The number of carboxylic acids is 1. The van der Waals surface area contributed by atoms with Gasteiger partial charge in [-0.2, -0.15) is 0 Å². The fraction of sp³-hybridized carbons (Fsp3) is 0.812. The largest absolute Gasteiger partial charge is 1.00 e. The van der Waals surface area contributed by atoms with E-state index >= 15 is 0 Å². The SMILES string of the molecule is CC1CCC(N/C=C(\[NH-])CC(C(=O)O)N2CCCC2)CC1.[K+]. The van der Waals surface area contributed by atoms with Gasteiger partial charge in [-0.15, -0.1) is 5.70 Å². The smallest absolute Gasteiger partial charge is 0.701 e. The van der Waals surface area contributed by atoms with Gasteiger partial charge >= 0.3 is 57.4 Å². The quantitative estimate of drug-likeness (QED) is 0.671. The van der Waals surface area contributed by atoms with Crippen LogP contribution in [0.25, 0.3) is 5.73 Å². The van der Waals surface area contributed by atoms with E-state index < -0.39 is 12.0 Å². The van der Waals surface area contributed by atoms with Gasteiger partial charge in [0, 0.05) is 6.04 Å². The second-order valence-corrected chi connectivity index (χ2v) is 6.59. The number of aliphatic carboxylic acids is 1. The third-order valence-corrected chi connectivity index (χ3v) is 4.79. The van der Waals surface area contributed by atoms with E-state index in [1.54, 1.807) is 6.20 Å². The summed E-state index contributed by atoms with van der Waals surface area (Å²) in [5.74, 6) is 0.00981. The van der Waals surface area contributed by atoms with Crippen molar-refractivity contribution in [2.75, 3.05) is 13.1 Å². The molecule has 1 saturated carbocycles. The van der Waals surface area contributed by atoms with Crippen LogP contribution in [0.2, 0.25) is 0 Å². The van der Waals surface area contributed by atoms with E-state index in [0.29, 0.717) is 18.2 Å². The number of nitrogens with one attached hydrogen (secondary N) is 2. The minimum atomic E-state index is -0.804. The molecule has 2 aliphatic rings. The van der Waals surface area contributed by atoms with Gasteiger partial charge in [-0.3, -0.25) is 9.69 Å². The van der Waals surface area contributed by atoms with Crippen molar-refractivity contribution < 1.29 is 61.3 Å². The molecule has 0 spiro atoms. The molecule has 1 heterocycles. The summed E-state index contributed by atoms with van der Waals surface area (Å²) < 4.78 is 0. The summed E-state index contributed by atoms with van der Waals surface area (Å²) in [4.78, 5) is 13.4. The second kappa shape index (κ2) is 10.3. The van der Waals surface area contributed by atoms with Crippen LogP contribution in [0.4, 0.5) is 0 Å². The average molecular weight is 334 g/mol. The molecular formula is C16H28KN3O2. The van der Waals surface area contributed by atoms with E-state index in [4.69, 9.17) is 5.73 Å². The molecule has 1 atom stereocenters. The summed E-state index contributed by atoms with van der Waals surface area (Å²) >= 11 is 0. The molecule has 0 aromatic carbocycles. The van der Waals surface area contributed by atoms with Crippen molar-refractivity contribution in [3.8, 4) is 0 Å². The molecule has 1 unspecified atom stereocenters. The van der Waals surface area contributed by atoms with Gasteiger partial charge in [0.25, 0.3) is 0 Å². The average Bonchev–Trinajstić information content (AvgIpc) is 2.97. The van der Waals surface area contributed by atoms with Crippen molar-refractivity contribution in [2.45, 2.75) is 64.0 Å². The Labute approximate surface area is 176 Å². The molecule has 3 N–H and O–H groups in total. The van der Waals surface area contributed by atoms with Crippen LogP contribution in [-0.2, 0) is 4.79 Å². The maximum atomic E-state index is 11.4. The summed E-state index contributed by atoms with van der Waals surface area (Å²) in [6.07, 6.45) is 8.95. The Balaban J connectivity index is 0.00000242. The minimum absolute atomic E-state index is 0. The summed E-state index contributed by atoms with van der Waals surface area (Å²) in [5, 5.41) is 12.7. The van der Waals surface area contributed by atoms with Crippen molar-refractivity contribution in [1.29, 1.82) is 0 Å². The van der Waals surface area contributed by atoms with E-state index in [2.05, 4.69) is 12.2 Å². The molecule has 5 nitrogen and oxygen atoms in total. The van der Waals surface area contributed by atoms with Crippen molar-refractivity contribution in [2.24, 2.45) is 5.92 Å². The normalized spacial score (nSPS) is 28.0. The molecule has 0 radical (unpaired) electrons. The van der Waals surface area contributed by atoms with E-state index in [-0.39, 0.29) is 51.4 Å². The molecule has 0 bridgehead atoms. The number of carboxylic acid groups (broad SMARTS) is 1. The van der Waals surface area contributed by atoms with Gasteiger partial charge in [0.2, 0.25) is 0 Å². The van der Waals surface area contributed by atoms with Crippen molar-refractivity contribution in [1.82, 2.24) is 10.2 Å². The summed E-state index contributed by atoms with van der Waals surface area (Å²) in [6.45, 7) is 3.98. The van der Waals surface area contributed by atoms with Gasteiger partial charge in [-0.1, -0.05) is 6.92 Å². The Hall–Kier alpha value is 0.406. The molecule has 22 heavy (non-hydrogen) atoms. The molecule has 0 amide bonds. The van der Waals surface area contributed by atoms with Crippen LogP contribution >= 0.6 is 0 Å². The van der Waals surface area contributed by atoms with Crippen LogP contribution in [0, 0.1) is 5.92 Å². The third kappa shape index (κ3) is 6.49. The van der Waals surface area contributed by atoms with Crippen LogP contribution in [-0.4, -0.2) is 41.1 Å². The van der Waals surface area contributed by atoms with Crippen molar-refractivity contribution in [3.05, 3.63) is 17.6 Å². The zero-order valence-electron chi connectivity index (χ0n) is 14.0. The number of hydrogen-bond donors (Lipinski definition) is 2. The van der Waals surface area contributed by atoms with Crippen LogP contribution in [0.15, 0.2) is 11.9 Å². The number of carbonyl (C=O) groups is 1. The number of hydrogen-bond acceptors (Lipinski definition) is 3. The van der Waals surface area contributed by atoms with Crippen LogP contribution in [0.1, 0.15) is 51.9 Å². The van der Waals surface area contributed by atoms with E-state index in [1.807, 2.05) is 4.90 Å². The maximum absolute atomic E-state index is 11.4. The summed E-state index contributed by atoms with van der Waals surface area (Å²) in [5.41, 5.74) is 8.42. The monoisotopic (exact) mass is 333 g/mol. The molecule has 0 aromatic heterocycles. The van der Waals surface area contributed by atoms with Gasteiger partial charge in [0.1, 0.15) is 6.04 Å². The first-order valence-corrected chi connectivity index (χ1v) is 8.20. The van der Waals surface area contributed by atoms with Gasteiger partial charge < -0.3 is 16.2 Å². The molecule has 2 rings (SSSR count). The van der Waals surface area contributed by atoms with E-state index in [0.717, 1.165) is 44.7 Å². The third-order valence-electron chi connectivity index (χ3n) is 4.79. The first-order valence-electron chi connectivity index (χ1n) is 8.20. The van der Waals surface area contributed by atoms with Gasteiger partial charge in [0.05, 0.1) is 0 Å². The Morgan fingerprint density at radius 2 is 1.91 bits per heavy atom. The Bertz CT molecular complexity index is 376. The number of nitrogens with zero attached hydrogens (tertiary/aromatic N) is 1. The van der Waals surface area contributed by atoms with Gasteiger partial charge in [-0.25, -0.2) is 0 Å². The fourth-order valence-electron chi connectivity index (χ4n) is 3.34. The molecule has 1 saturated heterocycles. The molecule has 1 aliphatic carbocycles. The Morgan fingerprint density at radius 1 is 1.32 bits per heavy atom. The Kier molecular flexibility index (Phi) is 9.58. The van der Waals surface area contributed by atoms with Crippen molar-refractivity contribution in [3.63, 3.8) is 0 Å². The summed E-state index contributed by atoms with van der Waals surface area (Å²) in [7, 11) is 0. The van der Waals surface area contributed by atoms with E-state index in [1.165, 1.54) is 12.8 Å². The predicted octanol–water partition coefficient (Wildman–Crippen LogP) is -0.00860. The van der Waals surface area contributed by atoms with Gasteiger partial charge in [0.15, 0.2) is 0 Å². The molecule has 120 valence electrons. The topological polar surface area (TPSA) is 76.4 Å². The molecule has 2 fully saturated rings. The molecule has 0 aromatic rings. The maximum Gasteiger partial charge on any atom is 1.00 e. The molecule has 6 heteroatoms. The van der Waals surface area contributed by atoms with Crippen LogP contribution < -0.4 is 56.7 Å². The van der Waals surface area contributed by atoms with E-state index in [9.17, 15) is 9.90 Å². The second-order valence-electron chi connectivity index (χ2n) is 6.59. The van der Waals surface area contributed by atoms with Crippen LogP contribution in [0.5, 0.6) is 0 Å². The zero-order valence-corrected chi connectivity index (χ0v) is 17.1. The Morgan fingerprint density at radius 3 is 2.45 bits per heavy atom. The fourth-order valence-corrected chi connectivity index (χ4v) is 3.34. The van der Waals surface area contributed by atoms with Crippen LogP contribution in [0.3, 0.4) is 0 Å². The number of likely N-dealkylation sites (tertiary alicyclic amines) is 1. The molecular weight excluding hydrogens is 305 g/mol. The predicted molar refractivity (Wildman–Crippen MR) is 83.8 cm³/mol. The minimum Gasteiger partial charge on any atom is -0.701 e. The van der Waals surface area contributed by atoms with Gasteiger partial charge in [-0.05, 0) is 70.2 Å². The van der Waals surface area contributed by atoms with Crippen molar-refractivity contribution >= 4 is 5.97 Å². The number of rotatable bonds is 6.